The second kappa shape index (κ2) is 4.27. The van der Waals surface area contributed by atoms with Crippen LogP contribution in [0.25, 0.3) is 0 Å². The lowest BCUT2D eigenvalue weighted by atomic mass is 10.2. The molecule has 0 spiro atoms. The minimum Gasteiger partial charge on any atom is -0.386 e. The highest BCUT2D eigenvalue weighted by atomic mass is 127. The Morgan fingerprint density at radius 3 is 2.36 bits per heavy atom. The molecule has 0 bridgehead atoms. The molecule has 1 atom stereocenters. The van der Waals surface area contributed by atoms with Crippen LogP contribution in [0.2, 0.25) is 0 Å². The van der Waals surface area contributed by atoms with Crippen molar-refractivity contribution in [3.63, 3.8) is 0 Å². The fourth-order valence-electron chi connectivity index (χ4n) is 0.352. The maximum Gasteiger partial charge on any atom is 0.214 e. The summed E-state index contributed by atoms with van der Waals surface area (Å²) in [5.41, 5.74) is 10.3. The van der Waals surface area contributed by atoms with E-state index in [0.717, 1.165) is 0 Å². The van der Waals surface area contributed by atoms with Crippen molar-refractivity contribution < 1.29 is 4.79 Å². The van der Waals surface area contributed by atoms with E-state index >= 15 is 0 Å². The van der Waals surface area contributed by atoms with Gasteiger partial charge in [-0.1, -0.05) is 0 Å². The fourth-order valence-corrected chi connectivity index (χ4v) is 0.671. The molecule has 1 unspecified atom stereocenters. The van der Waals surface area contributed by atoms with E-state index in [1.54, 1.807) is 29.5 Å². The number of halogens is 1. The van der Waals surface area contributed by atoms with Gasteiger partial charge in [0.15, 0.2) is 0 Å². The van der Waals surface area contributed by atoms with Crippen LogP contribution in [0.1, 0.15) is 6.92 Å². The number of hydrogen-bond donors (Lipinski definition) is 3. The first kappa shape index (κ1) is 10.3. The van der Waals surface area contributed by atoms with Crippen LogP contribution in [-0.2, 0) is 4.79 Å². The SMILES string of the molecule is CC(C(=O)I)C(N)=NC(=N)N. The van der Waals surface area contributed by atoms with Crippen LogP contribution < -0.4 is 11.5 Å². The van der Waals surface area contributed by atoms with Crippen LogP contribution in [0.4, 0.5) is 0 Å². The summed E-state index contributed by atoms with van der Waals surface area (Å²) in [5, 5.41) is 6.76. The molecule has 6 heteroatoms. The highest BCUT2D eigenvalue weighted by molar-refractivity contribution is 14.1. The fraction of sp³-hybridized carbons (Fsp3) is 0.400. The summed E-state index contributed by atoms with van der Waals surface area (Å²) in [5.74, 6) is -0.775. The molecule has 0 saturated heterocycles. The van der Waals surface area contributed by atoms with Crippen molar-refractivity contribution in [1.82, 2.24) is 0 Å². The molecule has 0 amide bonds. The molecular formula is C5H9IN4O. The lowest BCUT2D eigenvalue weighted by Crippen LogP contribution is -2.27. The minimum absolute atomic E-state index is 0.0805. The van der Waals surface area contributed by atoms with E-state index in [1.165, 1.54) is 0 Å². The first-order valence-corrected chi connectivity index (χ1v) is 3.90. The summed E-state index contributed by atoms with van der Waals surface area (Å²) < 4.78 is -0.120. The normalized spacial score (nSPS) is 14.2. The molecule has 0 aromatic rings. The molecule has 0 fully saturated rings. The van der Waals surface area contributed by atoms with E-state index in [0.29, 0.717) is 0 Å². The summed E-state index contributed by atoms with van der Waals surface area (Å²) >= 11 is 1.62. The molecule has 0 aliphatic rings. The summed E-state index contributed by atoms with van der Waals surface area (Å²) in [6, 6.07) is 0. The number of nitrogens with one attached hydrogen (secondary N) is 1. The number of hydrogen-bond acceptors (Lipinski definition) is 2. The Hall–Kier alpha value is -0.660. The zero-order valence-electron chi connectivity index (χ0n) is 5.97. The number of nitrogens with two attached hydrogens (primary N) is 2. The summed E-state index contributed by atoms with van der Waals surface area (Å²) in [6.07, 6.45) is 0. The zero-order chi connectivity index (χ0) is 9.02. The van der Waals surface area contributed by atoms with Crippen LogP contribution >= 0.6 is 22.6 Å². The molecule has 5 N–H and O–H groups in total. The summed E-state index contributed by atoms with van der Waals surface area (Å²) in [7, 11) is 0. The average molecular weight is 268 g/mol. The van der Waals surface area contributed by atoms with Gasteiger partial charge in [0, 0.05) is 22.6 Å². The average Bonchev–Trinajstić information content (AvgIpc) is 1.84. The molecule has 0 aliphatic carbocycles. The molecule has 0 heterocycles. The van der Waals surface area contributed by atoms with Gasteiger partial charge in [-0.2, -0.15) is 0 Å². The van der Waals surface area contributed by atoms with Crippen molar-refractivity contribution in [2.45, 2.75) is 6.92 Å². The van der Waals surface area contributed by atoms with Crippen molar-refractivity contribution in [2.24, 2.45) is 22.4 Å². The number of rotatable bonds is 2. The van der Waals surface area contributed by atoms with Crippen LogP contribution in [0.15, 0.2) is 4.99 Å². The summed E-state index contributed by atoms with van der Waals surface area (Å²) in [4.78, 5) is 14.1. The molecule has 0 aromatic heterocycles. The maximum atomic E-state index is 10.7. The maximum absolute atomic E-state index is 10.7. The lowest BCUT2D eigenvalue weighted by Gasteiger charge is -2.03. The molecule has 0 aromatic carbocycles. The second-order valence-corrected chi connectivity index (χ2v) is 3.01. The molecule has 11 heavy (non-hydrogen) atoms. The minimum atomic E-state index is -0.473. The van der Waals surface area contributed by atoms with Gasteiger partial charge in [0.25, 0.3) is 0 Å². The van der Waals surface area contributed by atoms with Gasteiger partial charge in [0.05, 0.1) is 5.92 Å². The standard InChI is InChI=1S/C5H9IN4O/c1-2(3(6)11)4(7)10-5(8)9/h2H,1H3,(H5,7,8,9,10). The van der Waals surface area contributed by atoms with E-state index in [4.69, 9.17) is 16.9 Å². The van der Waals surface area contributed by atoms with Gasteiger partial charge in [-0.25, -0.2) is 4.99 Å². The smallest absolute Gasteiger partial charge is 0.214 e. The van der Waals surface area contributed by atoms with Crippen molar-refractivity contribution in [1.29, 1.82) is 5.41 Å². The predicted octanol–water partition coefficient (Wildman–Crippen LogP) is -0.165. The van der Waals surface area contributed by atoms with Gasteiger partial charge in [-0.3, -0.25) is 10.2 Å². The van der Waals surface area contributed by atoms with Gasteiger partial charge in [0.2, 0.25) is 9.75 Å². The van der Waals surface area contributed by atoms with E-state index < -0.39 is 5.92 Å². The van der Waals surface area contributed by atoms with Crippen LogP contribution in [0.3, 0.4) is 0 Å². The third kappa shape index (κ3) is 3.91. The summed E-state index contributed by atoms with van der Waals surface area (Å²) in [6.45, 7) is 1.61. The quantitative estimate of drug-likeness (QED) is 0.280. The number of carbonyl (C=O) groups is 1. The Balaban J connectivity index is 4.35. The number of aliphatic imine (C=N–C) groups is 1. The van der Waals surface area contributed by atoms with Crippen molar-refractivity contribution in [3.8, 4) is 0 Å². The Kier molecular flexibility index (Phi) is 4.01. The number of carbonyl (C=O) groups excluding carboxylic acids is 1. The molecule has 0 saturated carbocycles. The van der Waals surface area contributed by atoms with E-state index in [1.807, 2.05) is 0 Å². The van der Waals surface area contributed by atoms with E-state index in [2.05, 4.69) is 4.99 Å². The van der Waals surface area contributed by atoms with Gasteiger partial charge >= 0.3 is 0 Å². The number of guanidine groups is 1. The zero-order valence-corrected chi connectivity index (χ0v) is 8.12. The first-order chi connectivity index (χ1) is 4.95. The van der Waals surface area contributed by atoms with Gasteiger partial charge in [-0.15, -0.1) is 0 Å². The predicted molar refractivity (Wildman–Crippen MR) is 51.7 cm³/mol. The number of nitrogens with zero attached hydrogens (tertiary/aromatic N) is 1. The van der Waals surface area contributed by atoms with Crippen LogP contribution in [0, 0.1) is 11.3 Å². The van der Waals surface area contributed by atoms with Crippen molar-refractivity contribution >= 4 is 38.2 Å². The van der Waals surface area contributed by atoms with E-state index in [9.17, 15) is 4.79 Å². The van der Waals surface area contributed by atoms with Crippen molar-refractivity contribution in [3.05, 3.63) is 0 Å². The van der Waals surface area contributed by atoms with Crippen LogP contribution in [0.5, 0.6) is 0 Å². The molecular weight excluding hydrogens is 259 g/mol. The first-order valence-electron chi connectivity index (χ1n) is 2.82. The second-order valence-electron chi connectivity index (χ2n) is 1.95. The van der Waals surface area contributed by atoms with Gasteiger partial charge < -0.3 is 11.5 Å². The Labute approximate surface area is 77.9 Å². The third-order valence-electron chi connectivity index (χ3n) is 1.03. The number of amidine groups is 1. The highest BCUT2D eigenvalue weighted by Gasteiger charge is 2.13. The Morgan fingerprint density at radius 2 is 2.09 bits per heavy atom. The van der Waals surface area contributed by atoms with Crippen molar-refractivity contribution in [2.75, 3.05) is 0 Å². The molecule has 0 radical (unpaired) electrons. The van der Waals surface area contributed by atoms with Crippen LogP contribution in [-0.4, -0.2) is 15.6 Å². The topological polar surface area (TPSA) is 105 Å². The molecule has 0 rings (SSSR count). The molecule has 62 valence electrons. The molecule has 0 aliphatic heterocycles. The Bertz CT molecular complexity index is 213. The van der Waals surface area contributed by atoms with Gasteiger partial charge in [0.1, 0.15) is 5.84 Å². The largest absolute Gasteiger partial charge is 0.386 e. The highest BCUT2D eigenvalue weighted by Crippen LogP contribution is 2.02. The monoisotopic (exact) mass is 268 g/mol. The third-order valence-corrected chi connectivity index (χ3v) is 1.97. The lowest BCUT2D eigenvalue weighted by molar-refractivity contribution is -0.110. The van der Waals surface area contributed by atoms with E-state index in [-0.39, 0.29) is 15.6 Å². The molecule has 5 nitrogen and oxygen atoms in total. The Morgan fingerprint density at radius 1 is 1.64 bits per heavy atom. The van der Waals surface area contributed by atoms with Gasteiger partial charge in [-0.05, 0) is 6.92 Å².